The summed E-state index contributed by atoms with van der Waals surface area (Å²) in [5.41, 5.74) is 1.18. The Morgan fingerprint density at radius 2 is 2.07 bits per heavy atom. The van der Waals surface area contributed by atoms with Gasteiger partial charge in [0.2, 0.25) is 11.0 Å². The first-order valence-corrected chi connectivity index (χ1v) is 11.4. The minimum atomic E-state index is -0.563. The van der Waals surface area contributed by atoms with E-state index in [2.05, 4.69) is 26.5 Å². The SMILES string of the molecule is CCOC(=O)Nc1nnc(SCC(=O)N2CCN(Cc3cccc(Cl)c3)CC2)s1. The first-order chi connectivity index (χ1) is 14.0. The van der Waals surface area contributed by atoms with Crippen LogP contribution in [0, 0.1) is 0 Å². The summed E-state index contributed by atoms with van der Waals surface area (Å²) in [5, 5.41) is 11.5. The number of benzene rings is 1. The molecule has 156 valence electrons. The Morgan fingerprint density at radius 1 is 1.28 bits per heavy atom. The molecule has 1 aromatic carbocycles. The van der Waals surface area contributed by atoms with Crippen molar-refractivity contribution in [2.45, 2.75) is 17.8 Å². The molecule has 1 fully saturated rings. The second-order valence-electron chi connectivity index (χ2n) is 6.29. The monoisotopic (exact) mass is 455 g/mol. The zero-order chi connectivity index (χ0) is 20.6. The molecule has 0 aliphatic carbocycles. The lowest BCUT2D eigenvalue weighted by Gasteiger charge is -2.34. The molecule has 3 rings (SSSR count). The van der Waals surface area contributed by atoms with E-state index < -0.39 is 6.09 Å². The third-order valence-corrected chi connectivity index (χ3v) is 6.42. The Hall–Kier alpha value is -1.88. The highest BCUT2D eigenvalue weighted by Crippen LogP contribution is 2.26. The summed E-state index contributed by atoms with van der Waals surface area (Å²) in [6, 6.07) is 7.86. The van der Waals surface area contributed by atoms with Crippen LogP contribution < -0.4 is 5.32 Å². The maximum atomic E-state index is 12.5. The lowest BCUT2D eigenvalue weighted by Crippen LogP contribution is -2.48. The highest BCUT2D eigenvalue weighted by Gasteiger charge is 2.21. The summed E-state index contributed by atoms with van der Waals surface area (Å²) < 4.78 is 5.42. The number of amides is 2. The van der Waals surface area contributed by atoms with E-state index in [-0.39, 0.29) is 12.5 Å². The van der Waals surface area contributed by atoms with Crippen LogP contribution in [0.1, 0.15) is 12.5 Å². The number of rotatable bonds is 7. The van der Waals surface area contributed by atoms with E-state index in [4.69, 9.17) is 16.3 Å². The number of hydrogen-bond acceptors (Lipinski definition) is 8. The van der Waals surface area contributed by atoms with Gasteiger partial charge in [0.1, 0.15) is 0 Å². The molecule has 8 nitrogen and oxygen atoms in total. The van der Waals surface area contributed by atoms with Gasteiger partial charge in [-0.25, -0.2) is 4.79 Å². The third kappa shape index (κ3) is 6.84. The van der Waals surface area contributed by atoms with Crippen molar-refractivity contribution in [3.63, 3.8) is 0 Å². The number of nitrogens with one attached hydrogen (secondary N) is 1. The van der Waals surface area contributed by atoms with Gasteiger partial charge < -0.3 is 9.64 Å². The minimum absolute atomic E-state index is 0.0764. The molecule has 0 radical (unpaired) electrons. The number of halogens is 1. The lowest BCUT2D eigenvalue weighted by atomic mass is 10.2. The standard InChI is InChI=1S/C18H22ClN5O3S2/c1-2-27-17(26)20-16-21-22-18(29-16)28-12-15(25)24-8-6-23(7-9-24)11-13-4-3-5-14(19)10-13/h3-5,10H,2,6-9,11-12H2,1H3,(H,20,21,26). The Kier molecular flexibility index (Phi) is 8.10. The average Bonchev–Trinajstić information content (AvgIpc) is 3.14. The molecule has 0 unspecified atom stereocenters. The Bertz CT molecular complexity index is 842. The van der Waals surface area contributed by atoms with E-state index in [1.807, 2.05) is 23.1 Å². The molecule has 1 aliphatic rings. The Labute approximate surface area is 182 Å². The number of piperazine rings is 1. The topological polar surface area (TPSA) is 87.7 Å². The molecule has 1 aromatic heterocycles. The molecule has 0 bridgehead atoms. The summed E-state index contributed by atoms with van der Waals surface area (Å²) in [6.45, 7) is 5.90. The number of hydrogen-bond donors (Lipinski definition) is 1. The number of thioether (sulfide) groups is 1. The van der Waals surface area contributed by atoms with Gasteiger partial charge in [0, 0.05) is 37.7 Å². The minimum Gasteiger partial charge on any atom is -0.450 e. The van der Waals surface area contributed by atoms with Gasteiger partial charge in [0.05, 0.1) is 12.4 Å². The summed E-state index contributed by atoms with van der Waals surface area (Å²) in [5.74, 6) is 0.370. The van der Waals surface area contributed by atoms with Crippen molar-refractivity contribution in [3.8, 4) is 0 Å². The van der Waals surface area contributed by atoms with Crippen LogP contribution in [-0.2, 0) is 16.1 Å². The van der Waals surface area contributed by atoms with Crippen LogP contribution in [0.2, 0.25) is 5.02 Å². The Balaban J connectivity index is 1.40. The maximum Gasteiger partial charge on any atom is 0.413 e. The van der Waals surface area contributed by atoms with Crippen molar-refractivity contribution in [2.75, 3.05) is 43.9 Å². The van der Waals surface area contributed by atoms with E-state index >= 15 is 0 Å². The normalized spacial score (nSPS) is 14.6. The molecule has 11 heteroatoms. The molecule has 2 amide bonds. The van der Waals surface area contributed by atoms with Crippen molar-refractivity contribution in [2.24, 2.45) is 0 Å². The summed E-state index contributed by atoms with van der Waals surface area (Å²) in [4.78, 5) is 28.1. The number of nitrogens with zero attached hydrogens (tertiary/aromatic N) is 4. The number of ether oxygens (including phenoxy) is 1. The molecular weight excluding hydrogens is 434 g/mol. The van der Waals surface area contributed by atoms with Crippen molar-refractivity contribution in [3.05, 3.63) is 34.9 Å². The maximum absolute atomic E-state index is 12.5. The largest absolute Gasteiger partial charge is 0.450 e. The van der Waals surface area contributed by atoms with E-state index in [0.29, 0.717) is 28.3 Å². The second-order valence-corrected chi connectivity index (χ2v) is 8.93. The van der Waals surface area contributed by atoms with Gasteiger partial charge in [0.15, 0.2) is 4.34 Å². The van der Waals surface area contributed by atoms with Crippen LogP contribution in [0.25, 0.3) is 0 Å². The highest BCUT2D eigenvalue weighted by atomic mass is 35.5. The van der Waals surface area contributed by atoms with Crippen molar-refractivity contribution >= 4 is 51.8 Å². The van der Waals surface area contributed by atoms with Gasteiger partial charge >= 0.3 is 6.09 Å². The van der Waals surface area contributed by atoms with Crippen molar-refractivity contribution in [1.82, 2.24) is 20.0 Å². The first-order valence-electron chi connectivity index (χ1n) is 9.18. The number of carbonyl (C=O) groups excluding carboxylic acids is 2. The van der Waals surface area contributed by atoms with Crippen LogP contribution in [0.15, 0.2) is 28.6 Å². The quantitative estimate of drug-likeness (QED) is 0.506. The van der Waals surface area contributed by atoms with Crippen molar-refractivity contribution < 1.29 is 14.3 Å². The molecule has 1 saturated heterocycles. The van der Waals surface area contributed by atoms with Gasteiger partial charge in [-0.1, -0.05) is 46.8 Å². The van der Waals surface area contributed by atoms with Crippen LogP contribution in [-0.4, -0.2) is 70.5 Å². The van der Waals surface area contributed by atoms with Crippen LogP contribution >= 0.6 is 34.7 Å². The lowest BCUT2D eigenvalue weighted by molar-refractivity contribution is -0.130. The van der Waals surface area contributed by atoms with Gasteiger partial charge in [-0.05, 0) is 24.6 Å². The molecule has 0 atom stereocenters. The van der Waals surface area contributed by atoms with E-state index in [1.54, 1.807) is 6.92 Å². The second kappa shape index (κ2) is 10.8. The van der Waals surface area contributed by atoms with Gasteiger partial charge in [-0.3, -0.25) is 15.0 Å². The first kappa shape index (κ1) is 21.8. The summed E-state index contributed by atoms with van der Waals surface area (Å²) in [7, 11) is 0. The highest BCUT2D eigenvalue weighted by molar-refractivity contribution is 8.01. The van der Waals surface area contributed by atoms with Crippen molar-refractivity contribution in [1.29, 1.82) is 0 Å². The number of anilines is 1. The molecule has 1 aliphatic heterocycles. The Morgan fingerprint density at radius 3 is 2.79 bits per heavy atom. The fraction of sp³-hybridized carbons (Fsp3) is 0.444. The molecule has 2 aromatic rings. The fourth-order valence-electron chi connectivity index (χ4n) is 2.84. The van der Waals surface area contributed by atoms with Crippen LogP contribution in [0.5, 0.6) is 0 Å². The van der Waals surface area contributed by atoms with Gasteiger partial charge in [0.25, 0.3) is 0 Å². The van der Waals surface area contributed by atoms with Crippen LogP contribution in [0.4, 0.5) is 9.93 Å². The van der Waals surface area contributed by atoms with E-state index in [1.165, 1.54) is 28.7 Å². The predicted octanol–water partition coefficient (Wildman–Crippen LogP) is 3.20. The molecule has 0 saturated carbocycles. The molecular formula is C18H22ClN5O3S2. The molecule has 1 N–H and O–H groups in total. The van der Waals surface area contributed by atoms with E-state index in [9.17, 15) is 9.59 Å². The predicted molar refractivity (Wildman–Crippen MR) is 115 cm³/mol. The number of carbonyl (C=O) groups is 2. The smallest absolute Gasteiger partial charge is 0.413 e. The number of aromatic nitrogens is 2. The third-order valence-electron chi connectivity index (χ3n) is 4.23. The molecule has 29 heavy (non-hydrogen) atoms. The fourth-order valence-corrected chi connectivity index (χ4v) is 4.69. The summed E-state index contributed by atoms with van der Waals surface area (Å²) >= 11 is 8.58. The van der Waals surface area contributed by atoms with E-state index in [0.717, 1.165) is 24.7 Å². The molecule has 0 spiro atoms. The zero-order valence-corrected chi connectivity index (χ0v) is 18.4. The molecule has 2 heterocycles. The van der Waals surface area contributed by atoms with Crippen LogP contribution in [0.3, 0.4) is 0 Å². The summed E-state index contributed by atoms with van der Waals surface area (Å²) in [6.07, 6.45) is -0.563. The van der Waals surface area contributed by atoms with Gasteiger partial charge in [-0.2, -0.15) is 0 Å². The van der Waals surface area contributed by atoms with Gasteiger partial charge in [-0.15, -0.1) is 10.2 Å². The zero-order valence-electron chi connectivity index (χ0n) is 16.0. The average molecular weight is 456 g/mol.